The van der Waals surface area contributed by atoms with Crippen LogP contribution in [0.25, 0.3) is 0 Å². The summed E-state index contributed by atoms with van der Waals surface area (Å²) < 4.78 is 7.42. The molecule has 0 aliphatic heterocycles. The van der Waals surface area contributed by atoms with E-state index in [1.165, 1.54) is 0 Å². The molecule has 0 bridgehead atoms. The molecule has 0 aromatic carbocycles. The lowest BCUT2D eigenvalue weighted by Gasteiger charge is -2.08. The molecule has 0 saturated carbocycles. The zero-order valence-electron chi connectivity index (χ0n) is 11.8. The van der Waals surface area contributed by atoms with Crippen LogP contribution in [-0.4, -0.2) is 35.6 Å². The van der Waals surface area contributed by atoms with Crippen molar-refractivity contribution >= 4 is 11.6 Å². The molecule has 0 fully saturated rings. The molecule has 0 radical (unpaired) electrons. The minimum Gasteiger partial charge on any atom is -0.379 e. The maximum absolute atomic E-state index is 6.09. The van der Waals surface area contributed by atoms with Gasteiger partial charge in [0.25, 0.3) is 0 Å². The van der Waals surface area contributed by atoms with E-state index in [1.807, 2.05) is 18.5 Å². The summed E-state index contributed by atoms with van der Waals surface area (Å²) in [4.78, 5) is 0. The Morgan fingerprint density at radius 3 is 2.61 bits per heavy atom. The summed E-state index contributed by atoms with van der Waals surface area (Å²) in [5, 5.41) is 8.54. The predicted molar refractivity (Wildman–Crippen MR) is 75.3 cm³/mol. The van der Waals surface area contributed by atoms with Crippen molar-refractivity contribution in [3.8, 4) is 0 Å². The van der Waals surface area contributed by atoms with Gasteiger partial charge in [-0.05, 0) is 40.7 Å². The number of aryl methyl sites for hydroxylation is 1. The van der Waals surface area contributed by atoms with Crippen molar-refractivity contribution in [3.63, 3.8) is 0 Å². The van der Waals surface area contributed by atoms with Crippen molar-refractivity contribution in [1.82, 2.24) is 15.1 Å². The fourth-order valence-corrected chi connectivity index (χ4v) is 1.85. The van der Waals surface area contributed by atoms with Crippen LogP contribution in [0.2, 0.25) is 5.02 Å². The van der Waals surface area contributed by atoms with E-state index in [2.05, 4.69) is 24.3 Å². The van der Waals surface area contributed by atoms with Gasteiger partial charge < -0.3 is 10.1 Å². The van der Waals surface area contributed by atoms with E-state index in [9.17, 15) is 0 Å². The molecule has 5 heteroatoms. The predicted octanol–water partition coefficient (Wildman–Crippen LogP) is 2.56. The van der Waals surface area contributed by atoms with E-state index in [-0.39, 0.29) is 0 Å². The van der Waals surface area contributed by atoms with Crippen molar-refractivity contribution in [2.75, 3.05) is 19.7 Å². The minimum atomic E-state index is 0.321. The molecule has 0 spiro atoms. The fraction of sp³-hybridized carbons (Fsp3) is 0.769. The van der Waals surface area contributed by atoms with Gasteiger partial charge in [0.1, 0.15) is 0 Å². The highest BCUT2D eigenvalue weighted by Crippen LogP contribution is 2.18. The normalized spacial score (nSPS) is 11.4. The SMILES string of the molecule is Cc1nn(CCNCCCOC(C)C)c(C)c1Cl. The summed E-state index contributed by atoms with van der Waals surface area (Å²) in [5.41, 5.74) is 1.94. The topological polar surface area (TPSA) is 39.1 Å². The van der Waals surface area contributed by atoms with E-state index >= 15 is 0 Å². The summed E-state index contributed by atoms with van der Waals surface area (Å²) in [7, 11) is 0. The first-order valence-electron chi connectivity index (χ1n) is 6.54. The second-order valence-corrected chi connectivity index (χ2v) is 5.11. The fourth-order valence-electron chi connectivity index (χ4n) is 1.72. The van der Waals surface area contributed by atoms with Gasteiger partial charge in [-0.3, -0.25) is 4.68 Å². The quantitative estimate of drug-likeness (QED) is 0.740. The van der Waals surface area contributed by atoms with Gasteiger partial charge in [-0.1, -0.05) is 11.6 Å². The number of nitrogens with zero attached hydrogens (tertiary/aromatic N) is 2. The Morgan fingerprint density at radius 1 is 1.33 bits per heavy atom. The zero-order chi connectivity index (χ0) is 13.5. The first-order chi connectivity index (χ1) is 8.52. The molecule has 1 aromatic heterocycles. The lowest BCUT2D eigenvalue weighted by atomic mass is 10.4. The molecular weight excluding hydrogens is 250 g/mol. The summed E-state index contributed by atoms with van der Waals surface area (Å²) in [6, 6.07) is 0. The second kappa shape index (κ2) is 7.77. The molecule has 0 amide bonds. The highest BCUT2D eigenvalue weighted by atomic mass is 35.5. The standard InChI is InChI=1S/C13H24ClN3O/c1-10(2)18-9-5-6-15-7-8-17-12(4)13(14)11(3)16-17/h10,15H,5-9H2,1-4H3. The number of rotatable bonds is 8. The third-order valence-electron chi connectivity index (χ3n) is 2.74. The summed E-state index contributed by atoms with van der Waals surface area (Å²) in [6.07, 6.45) is 1.36. The monoisotopic (exact) mass is 273 g/mol. The highest BCUT2D eigenvalue weighted by molar-refractivity contribution is 6.31. The molecule has 0 aliphatic carbocycles. The molecular formula is C13H24ClN3O. The van der Waals surface area contributed by atoms with E-state index in [4.69, 9.17) is 16.3 Å². The van der Waals surface area contributed by atoms with Crippen LogP contribution in [0, 0.1) is 13.8 Å². The van der Waals surface area contributed by atoms with Crippen LogP contribution in [0.5, 0.6) is 0 Å². The van der Waals surface area contributed by atoms with Gasteiger partial charge in [0, 0.05) is 13.2 Å². The molecule has 0 aliphatic rings. The molecule has 4 nitrogen and oxygen atoms in total. The average Bonchev–Trinajstić information content (AvgIpc) is 2.55. The average molecular weight is 274 g/mol. The van der Waals surface area contributed by atoms with Crippen molar-refractivity contribution in [2.45, 2.75) is 46.8 Å². The number of ether oxygens (including phenoxy) is 1. The molecule has 1 heterocycles. The van der Waals surface area contributed by atoms with Crippen LogP contribution in [0.1, 0.15) is 31.7 Å². The van der Waals surface area contributed by atoms with Crippen LogP contribution in [0.3, 0.4) is 0 Å². The Labute approximate surface area is 115 Å². The van der Waals surface area contributed by atoms with Gasteiger partial charge in [0.2, 0.25) is 0 Å². The maximum Gasteiger partial charge on any atom is 0.0844 e. The maximum atomic E-state index is 6.09. The molecule has 104 valence electrons. The minimum absolute atomic E-state index is 0.321. The number of aromatic nitrogens is 2. The molecule has 1 aromatic rings. The van der Waals surface area contributed by atoms with Crippen LogP contribution in [0.4, 0.5) is 0 Å². The lowest BCUT2D eigenvalue weighted by molar-refractivity contribution is 0.0771. The van der Waals surface area contributed by atoms with E-state index in [0.29, 0.717) is 6.10 Å². The number of nitrogens with one attached hydrogen (secondary N) is 1. The van der Waals surface area contributed by atoms with Crippen LogP contribution in [0.15, 0.2) is 0 Å². The number of hydrogen-bond donors (Lipinski definition) is 1. The van der Waals surface area contributed by atoms with Gasteiger partial charge in [-0.2, -0.15) is 5.10 Å². The third-order valence-corrected chi connectivity index (χ3v) is 3.29. The van der Waals surface area contributed by atoms with Crippen molar-refractivity contribution in [3.05, 3.63) is 16.4 Å². The Balaban J connectivity index is 2.13. The van der Waals surface area contributed by atoms with Crippen LogP contribution < -0.4 is 5.32 Å². The molecule has 0 saturated heterocycles. The largest absolute Gasteiger partial charge is 0.379 e. The molecule has 0 unspecified atom stereocenters. The van der Waals surface area contributed by atoms with E-state index in [1.54, 1.807) is 0 Å². The van der Waals surface area contributed by atoms with Gasteiger partial charge in [0.15, 0.2) is 0 Å². The van der Waals surface area contributed by atoms with Gasteiger partial charge in [-0.15, -0.1) is 0 Å². The highest BCUT2D eigenvalue weighted by Gasteiger charge is 2.07. The molecule has 18 heavy (non-hydrogen) atoms. The Bertz CT molecular complexity index is 363. The third kappa shape index (κ3) is 4.96. The first kappa shape index (κ1) is 15.5. The van der Waals surface area contributed by atoms with Gasteiger partial charge in [0.05, 0.1) is 29.1 Å². The van der Waals surface area contributed by atoms with Crippen LogP contribution in [-0.2, 0) is 11.3 Å². The Kier molecular flexibility index (Phi) is 6.68. The number of halogens is 1. The Morgan fingerprint density at radius 2 is 2.06 bits per heavy atom. The van der Waals surface area contributed by atoms with Crippen molar-refractivity contribution in [2.24, 2.45) is 0 Å². The summed E-state index contributed by atoms with van der Waals surface area (Å²) >= 11 is 6.09. The second-order valence-electron chi connectivity index (χ2n) is 4.73. The lowest BCUT2D eigenvalue weighted by Crippen LogP contribution is -2.23. The van der Waals surface area contributed by atoms with Gasteiger partial charge >= 0.3 is 0 Å². The smallest absolute Gasteiger partial charge is 0.0844 e. The van der Waals surface area contributed by atoms with Crippen molar-refractivity contribution in [1.29, 1.82) is 0 Å². The Hall–Kier alpha value is -0.580. The van der Waals surface area contributed by atoms with Crippen LogP contribution >= 0.6 is 11.6 Å². The zero-order valence-corrected chi connectivity index (χ0v) is 12.5. The molecule has 0 atom stereocenters. The number of hydrogen-bond acceptors (Lipinski definition) is 3. The molecule has 1 N–H and O–H groups in total. The van der Waals surface area contributed by atoms with E-state index in [0.717, 1.165) is 49.1 Å². The summed E-state index contributed by atoms with van der Waals surface area (Å²) in [6.45, 7) is 11.6. The summed E-state index contributed by atoms with van der Waals surface area (Å²) in [5.74, 6) is 0. The first-order valence-corrected chi connectivity index (χ1v) is 6.92. The van der Waals surface area contributed by atoms with Gasteiger partial charge in [-0.25, -0.2) is 0 Å². The van der Waals surface area contributed by atoms with Crippen molar-refractivity contribution < 1.29 is 4.74 Å². The molecule has 1 rings (SSSR count). The van der Waals surface area contributed by atoms with E-state index < -0.39 is 0 Å².